The average Bonchev–Trinajstić information content (AvgIpc) is 2.88. The second-order valence-corrected chi connectivity index (χ2v) is 8.25. The van der Waals surface area contributed by atoms with E-state index in [0.717, 1.165) is 16.9 Å². The van der Waals surface area contributed by atoms with Gasteiger partial charge in [0.25, 0.3) is 10.0 Å². The van der Waals surface area contributed by atoms with Gasteiger partial charge in [0.2, 0.25) is 0 Å². The number of benzene rings is 2. The van der Waals surface area contributed by atoms with Gasteiger partial charge in [-0.2, -0.15) is 0 Å². The molecule has 8 heteroatoms. The Bertz CT molecular complexity index is 1010. The lowest BCUT2D eigenvalue weighted by Gasteiger charge is -2.11. The molecule has 0 unspecified atom stereocenters. The predicted molar refractivity (Wildman–Crippen MR) is 105 cm³/mol. The third kappa shape index (κ3) is 4.51. The van der Waals surface area contributed by atoms with Crippen LogP contribution in [0.4, 0.5) is 0 Å². The summed E-state index contributed by atoms with van der Waals surface area (Å²) in [5.41, 5.74) is 2.63. The SMILES string of the molecule is Cc1cc(C)cc(OCCOC(=O)[C@H](C)N=C2NS(=O)(=O)c3ccccc32)c1. The lowest BCUT2D eigenvalue weighted by atomic mass is 10.1. The maximum Gasteiger partial charge on any atom is 0.330 e. The number of carbonyl (C=O) groups is 1. The molecule has 1 N–H and O–H groups in total. The number of sulfonamides is 1. The highest BCUT2D eigenvalue weighted by Gasteiger charge is 2.31. The van der Waals surface area contributed by atoms with E-state index in [4.69, 9.17) is 9.47 Å². The van der Waals surface area contributed by atoms with Crippen molar-refractivity contribution in [3.05, 3.63) is 59.2 Å². The highest BCUT2D eigenvalue weighted by molar-refractivity contribution is 7.90. The first-order valence-electron chi connectivity index (χ1n) is 8.84. The number of carbonyl (C=O) groups excluding carboxylic acids is 1. The summed E-state index contributed by atoms with van der Waals surface area (Å²) in [7, 11) is -3.64. The number of aliphatic imine (C=N–C) groups is 1. The van der Waals surface area contributed by atoms with E-state index in [1.807, 2.05) is 32.0 Å². The minimum absolute atomic E-state index is 0.0727. The highest BCUT2D eigenvalue weighted by atomic mass is 32.2. The monoisotopic (exact) mass is 402 g/mol. The van der Waals surface area contributed by atoms with Gasteiger partial charge in [-0.05, 0) is 56.2 Å². The van der Waals surface area contributed by atoms with Crippen molar-refractivity contribution < 1.29 is 22.7 Å². The summed E-state index contributed by atoms with van der Waals surface area (Å²) in [6.07, 6.45) is 0. The third-order valence-electron chi connectivity index (χ3n) is 4.12. The van der Waals surface area contributed by atoms with Crippen molar-refractivity contribution in [3.8, 4) is 5.75 Å². The van der Waals surface area contributed by atoms with Gasteiger partial charge in [-0.15, -0.1) is 0 Å². The summed E-state index contributed by atoms with van der Waals surface area (Å²) in [5.74, 6) is 0.311. The van der Waals surface area contributed by atoms with Gasteiger partial charge in [-0.25, -0.2) is 13.2 Å². The molecule has 0 aromatic heterocycles. The number of esters is 1. The molecular formula is C20H22N2O5S. The standard InChI is InChI=1S/C20H22N2O5S/c1-13-10-14(2)12-16(11-13)26-8-9-27-20(23)15(3)21-19-17-6-4-5-7-18(17)28(24,25)22-19/h4-7,10-12,15H,8-9H2,1-3H3,(H,21,22)/t15-/m0/s1. The van der Waals surface area contributed by atoms with Crippen LogP contribution in [0.25, 0.3) is 0 Å². The fourth-order valence-electron chi connectivity index (χ4n) is 2.91. The number of ether oxygens (including phenoxy) is 2. The molecule has 0 spiro atoms. The zero-order chi connectivity index (χ0) is 20.3. The van der Waals surface area contributed by atoms with E-state index >= 15 is 0 Å². The fourth-order valence-corrected chi connectivity index (χ4v) is 4.15. The molecule has 0 saturated heterocycles. The van der Waals surface area contributed by atoms with Gasteiger partial charge in [0.05, 0.1) is 4.90 Å². The quantitative estimate of drug-likeness (QED) is 0.591. The molecule has 2 aromatic rings. The van der Waals surface area contributed by atoms with E-state index in [-0.39, 0.29) is 23.9 Å². The molecule has 0 radical (unpaired) electrons. The molecule has 1 aliphatic heterocycles. The number of hydrogen-bond acceptors (Lipinski definition) is 6. The number of amidine groups is 1. The van der Waals surface area contributed by atoms with Crippen molar-refractivity contribution in [1.29, 1.82) is 0 Å². The zero-order valence-corrected chi connectivity index (χ0v) is 16.7. The van der Waals surface area contributed by atoms with Gasteiger partial charge in [0.15, 0.2) is 0 Å². The van der Waals surface area contributed by atoms with Crippen molar-refractivity contribution in [3.63, 3.8) is 0 Å². The minimum atomic E-state index is -3.64. The van der Waals surface area contributed by atoms with Crippen molar-refractivity contribution in [2.24, 2.45) is 4.99 Å². The van der Waals surface area contributed by atoms with E-state index < -0.39 is 22.0 Å². The van der Waals surface area contributed by atoms with Crippen molar-refractivity contribution in [2.45, 2.75) is 31.7 Å². The molecule has 3 rings (SSSR count). The largest absolute Gasteiger partial charge is 0.490 e. The maximum atomic E-state index is 12.2. The van der Waals surface area contributed by atoms with Gasteiger partial charge in [0, 0.05) is 5.56 Å². The first kappa shape index (κ1) is 19.9. The first-order chi connectivity index (χ1) is 13.3. The Kier molecular flexibility index (Phi) is 5.69. The average molecular weight is 402 g/mol. The van der Waals surface area contributed by atoms with Gasteiger partial charge in [-0.1, -0.05) is 18.2 Å². The molecule has 2 aromatic carbocycles. The zero-order valence-electron chi connectivity index (χ0n) is 15.9. The van der Waals surface area contributed by atoms with Gasteiger partial charge >= 0.3 is 5.97 Å². The Balaban J connectivity index is 1.56. The van der Waals surface area contributed by atoms with Crippen LogP contribution in [0.1, 0.15) is 23.6 Å². The van der Waals surface area contributed by atoms with E-state index in [1.165, 1.54) is 6.07 Å². The molecule has 0 amide bonds. The summed E-state index contributed by atoms with van der Waals surface area (Å²) in [5, 5.41) is 0. The molecular weight excluding hydrogens is 380 g/mol. The van der Waals surface area contributed by atoms with Crippen molar-refractivity contribution >= 4 is 21.8 Å². The second-order valence-electron chi connectivity index (χ2n) is 6.59. The van der Waals surface area contributed by atoms with E-state index in [9.17, 15) is 13.2 Å². The number of fused-ring (bicyclic) bond motifs is 1. The lowest BCUT2D eigenvalue weighted by molar-refractivity contribution is -0.145. The van der Waals surface area contributed by atoms with Gasteiger partial charge in [-0.3, -0.25) is 9.71 Å². The topological polar surface area (TPSA) is 94.1 Å². The number of nitrogens with zero attached hydrogens (tertiary/aromatic N) is 1. The molecule has 0 saturated carbocycles. The first-order valence-corrected chi connectivity index (χ1v) is 10.3. The Labute approximate surface area is 164 Å². The lowest BCUT2D eigenvalue weighted by Crippen LogP contribution is -2.27. The van der Waals surface area contributed by atoms with Crippen LogP contribution < -0.4 is 9.46 Å². The van der Waals surface area contributed by atoms with Crippen LogP contribution in [0, 0.1) is 13.8 Å². The van der Waals surface area contributed by atoms with E-state index in [2.05, 4.69) is 9.71 Å². The molecule has 0 fully saturated rings. The summed E-state index contributed by atoms with van der Waals surface area (Å²) in [4.78, 5) is 16.5. The van der Waals surface area contributed by atoms with Crippen LogP contribution in [-0.4, -0.2) is 39.5 Å². The maximum absolute atomic E-state index is 12.2. The predicted octanol–water partition coefficient (Wildman–Crippen LogP) is 2.35. The van der Waals surface area contributed by atoms with Crippen molar-refractivity contribution in [1.82, 2.24) is 4.72 Å². The van der Waals surface area contributed by atoms with Crippen LogP contribution in [-0.2, 0) is 19.6 Å². The van der Waals surface area contributed by atoms with Crippen LogP contribution in [0.2, 0.25) is 0 Å². The number of rotatable bonds is 6. The summed E-state index contributed by atoms with van der Waals surface area (Å²) < 4.78 is 37.3. The molecule has 1 atom stereocenters. The van der Waals surface area contributed by atoms with Crippen LogP contribution >= 0.6 is 0 Å². The van der Waals surface area contributed by atoms with Crippen molar-refractivity contribution in [2.75, 3.05) is 13.2 Å². The van der Waals surface area contributed by atoms with E-state index in [0.29, 0.717) is 5.56 Å². The summed E-state index contributed by atoms with van der Waals surface area (Å²) in [6, 6.07) is 11.5. The van der Waals surface area contributed by atoms with Crippen LogP contribution in [0.5, 0.6) is 5.75 Å². The Morgan fingerprint density at radius 1 is 1.11 bits per heavy atom. The molecule has 1 aliphatic rings. The molecule has 148 valence electrons. The molecule has 1 heterocycles. The molecule has 7 nitrogen and oxygen atoms in total. The highest BCUT2D eigenvalue weighted by Crippen LogP contribution is 2.22. The summed E-state index contributed by atoms with van der Waals surface area (Å²) >= 11 is 0. The van der Waals surface area contributed by atoms with Gasteiger partial charge in [0.1, 0.15) is 30.8 Å². The molecule has 28 heavy (non-hydrogen) atoms. The smallest absolute Gasteiger partial charge is 0.330 e. The molecule has 0 bridgehead atoms. The number of nitrogens with one attached hydrogen (secondary N) is 1. The minimum Gasteiger partial charge on any atom is -0.490 e. The van der Waals surface area contributed by atoms with Crippen LogP contribution in [0.3, 0.4) is 0 Å². The third-order valence-corrected chi connectivity index (χ3v) is 5.52. The molecule has 0 aliphatic carbocycles. The second kappa shape index (κ2) is 8.02. The Morgan fingerprint density at radius 2 is 1.79 bits per heavy atom. The Morgan fingerprint density at radius 3 is 2.50 bits per heavy atom. The Hall–Kier alpha value is -2.87. The fraction of sp³-hybridized carbons (Fsp3) is 0.300. The van der Waals surface area contributed by atoms with E-state index in [1.54, 1.807) is 25.1 Å². The van der Waals surface area contributed by atoms with Crippen LogP contribution in [0.15, 0.2) is 52.4 Å². The summed E-state index contributed by atoms with van der Waals surface area (Å²) in [6.45, 7) is 5.80. The number of hydrogen-bond donors (Lipinski definition) is 1. The number of aryl methyl sites for hydroxylation is 2. The normalized spacial score (nSPS) is 16.9. The van der Waals surface area contributed by atoms with Gasteiger partial charge < -0.3 is 9.47 Å².